The molecule has 1 aromatic heterocycles. The molecule has 0 amide bonds. The highest BCUT2D eigenvalue weighted by molar-refractivity contribution is 6.19. The number of para-hydroxylation sites is 1. The van der Waals surface area contributed by atoms with Crippen molar-refractivity contribution >= 4 is 32.7 Å². The topological polar surface area (TPSA) is 13.1 Å². The molecule has 22 heavy (non-hydrogen) atoms. The number of furan rings is 1. The summed E-state index contributed by atoms with van der Waals surface area (Å²) in [5, 5.41) is 4.93. The first-order chi connectivity index (χ1) is 10.5. The van der Waals surface area contributed by atoms with Crippen molar-refractivity contribution in [3.05, 3.63) is 66.6 Å². The summed E-state index contributed by atoms with van der Waals surface area (Å²) >= 11 is 0. The monoisotopic (exact) mass is 287 g/mol. The average Bonchev–Trinajstić information content (AvgIpc) is 2.86. The normalized spacial score (nSPS) is 12.5. The van der Waals surface area contributed by atoms with Crippen molar-refractivity contribution < 1.29 is 4.42 Å². The maximum Gasteiger partial charge on any atom is 0.138 e. The number of hydrogen-bond acceptors (Lipinski definition) is 1. The van der Waals surface area contributed by atoms with E-state index in [1.807, 2.05) is 0 Å². The van der Waals surface area contributed by atoms with Gasteiger partial charge in [0.15, 0.2) is 0 Å². The molecule has 0 bridgehead atoms. The summed E-state index contributed by atoms with van der Waals surface area (Å²) in [5.74, 6) is 0. The van der Waals surface area contributed by atoms with Crippen LogP contribution in [-0.4, -0.2) is 0 Å². The molecule has 0 N–H and O–H groups in total. The number of hydrogen-bond donors (Lipinski definition) is 0. The molecule has 0 aliphatic carbocycles. The Morgan fingerprint density at radius 3 is 2.41 bits per heavy atom. The van der Waals surface area contributed by atoms with E-state index in [-0.39, 0.29) is 5.41 Å². The summed E-state index contributed by atoms with van der Waals surface area (Å²) in [5.41, 5.74) is 3.24. The van der Waals surface area contributed by atoms with Crippen LogP contribution in [0, 0.1) is 11.8 Å². The molecular formula is C21H19O. The van der Waals surface area contributed by atoms with E-state index in [0.717, 1.165) is 11.2 Å². The molecule has 0 spiro atoms. The summed E-state index contributed by atoms with van der Waals surface area (Å²) < 4.78 is 6.21. The van der Waals surface area contributed by atoms with Crippen LogP contribution in [0.1, 0.15) is 26.3 Å². The Labute approximate surface area is 130 Å². The predicted molar refractivity (Wildman–Crippen MR) is 94.1 cm³/mol. The summed E-state index contributed by atoms with van der Waals surface area (Å²) in [6.45, 7) is 6.64. The van der Waals surface area contributed by atoms with E-state index in [2.05, 4.69) is 81.8 Å². The molecule has 0 aliphatic rings. The van der Waals surface area contributed by atoms with Crippen LogP contribution in [0.3, 0.4) is 0 Å². The average molecular weight is 287 g/mol. The molecular weight excluding hydrogens is 268 g/mol. The maximum atomic E-state index is 6.21. The van der Waals surface area contributed by atoms with Crippen LogP contribution in [0.5, 0.6) is 0 Å². The molecule has 1 heteroatoms. The zero-order valence-corrected chi connectivity index (χ0v) is 13.2. The van der Waals surface area contributed by atoms with Gasteiger partial charge in [-0.2, -0.15) is 0 Å². The molecule has 0 saturated carbocycles. The SMILES string of the molecule is CC(C)(C)[CH]c1cccc2c1oc1ccc3ccccc3c12. The molecule has 1 heterocycles. The fourth-order valence-electron chi connectivity index (χ4n) is 3.17. The fraction of sp³-hybridized carbons (Fsp3) is 0.190. The molecule has 0 atom stereocenters. The molecule has 1 nitrogen and oxygen atoms in total. The third-order valence-electron chi connectivity index (χ3n) is 4.01. The van der Waals surface area contributed by atoms with Crippen LogP contribution in [0.4, 0.5) is 0 Å². The highest BCUT2D eigenvalue weighted by atomic mass is 16.3. The lowest BCUT2D eigenvalue weighted by Crippen LogP contribution is -2.06. The number of rotatable bonds is 1. The Balaban J connectivity index is 2.10. The third kappa shape index (κ3) is 2.09. The van der Waals surface area contributed by atoms with E-state index in [1.165, 1.54) is 27.1 Å². The lowest BCUT2D eigenvalue weighted by molar-refractivity contribution is 0.504. The van der Waals surface area contributed by atoms with Crippen molar-refractivity contribution in [3.8, 4) is 0 Å². The number of fused-ring (bicyclic) bond motifs is 5. The second-order valence-corrected chi connectivity index (χ2v) is 7.00. The lowest BCUT2D eigenvalue weighted by atomic mass is 9.87. The van der Waals surface area contributed by atoms with Gasteiger partial charge in [0.25, 0.3) is 0 Å². The van der Waals surface area contributed by atoms with Crippen LogP contribution < -0.4 is 0 Å². The standard InChI is InChI=1S/C21H19O/c1-21(2,3)13-15-8-6-10-17-19-16-9-5-4-7-14(16)11-12-18(19)22-20(15)17/h4-13H,1-3H3. The summed E-state index contributed by atoms with van der Waals surface area (Å²) in [6.07, 6.45) is 2.28. The first-order valence-corrected chi connectivity index (χ1v) is 7.72. The Kier molecular flexibility index (Phi) is 2.80. The van der Waals surface area contributed by atoms with Gasteiger partial charge in [-0.3, -0.25) is 0 Å². The van der Waals surface area contributed by atoms with Gasteiger partial charge < -0.3 is 4.42 Å². The van der Waals surface area contributed by atoms with Crippen LogP contribution in [-0.2, 0) is 0 Å². The van der Waals surface area contributed by atoms with Crippen molar-refractivity contribution in [2.75, 3.05) is 0 Å². The third-order valence-corrected chi connectivity index (χ3v) is 4.01. The Hall–Kier alpha value is -2.28. The smallest absolute Gasteiger partial charge is 0.138 e. The van der Waals surface area contributed by atoms with Crippen molar-refractivity contribution in [2.45, 2.75) is 20.8 Å². The molecule has 0 fully saturated rings. The lowest BCUT2D eigenvalue weighted by Gasteiger charge is -2.17. The van der Waals surface area contributed by atoms with E-state index in [0.29, 0.717) is 0 Å². The minimum atomic E-state index is 0.120. The van der Waals surface area contributed by atoms with E-state index in [1.54, 1.807) is 0 Å². The van der Waals surface area contributed by atoms with Crippen molar-refractivity contribution in [1.29, 1.82) is 0 Å². The summed E-state index contributed by atoms with van der Waals surface area (Å²) in [6, 6.07) is 19.1. The van der Waals surface area contributed by atoms with Gasteiger partial charge in [0, 0.05) is 10.8 Å². The fourth-order valence-corrected chi connectivity index (χ4v) is 3.17. The van der Waals surface area contributed by atoms with Crippen LogP contribution in [0.25, 0.3) is 32.7 Å². The molecule has 4 aromatic rings. The van der Waals surface area contributed by atoms with Crippen molar-refractivity contribution in [1.82, 2.24) is 0 Å². The van der Waals surface area contributed by atoms with E-state index >= 15 is 0 Å². The predicted octanol–water partition coefficient (Wildman–Crippen LogP) is 6.34. The molecule has 0 unspecified atom stereocenters. The van der Waals surface area contributed by atoms with Gasteiger partial charge in [0.05, 0.1) is 0 Å². The zero-order chi connectivity index (χ0) is 15.3. The first-order valence-electron chi connectivity index (χ1n) is 7.72. The summed E-state index contributed by atoms with van der Waals surface area (Å²) in [7, 11) is 0. The van der Waals surface area contributed by atoms with Gasteiger partial charge in [-0.05, 0) is 34.2 Å². The Morgan fingerprint density at radius 2 is 1.59 bits per heavy atom. The van der Waals surface area contributed by atoms with Crippen molar-refractivity contribution in [3.63, 3.8) is 0 Å². The van der Waals surface area contributed by atoms with E-state index in [9.17, 15) is 0 Å². The van der Waals surface area contributed by atoms with Crippen molar-refractivity contribution in [2.24, 2.45) is 5.41 Å². The summed E-state index contributed by atoms with van der Waals surface area (Å²) in [4.78, 5) is 0. The minimum absolute atomic E-state index is 0.120. The quantitative estimate of drug-likeness (QED) is 0.398. The Bertz CT molecular complexity index is 983. The Morgan fingerprint density at radius 1 is 0.818 bits per heavy atom. The molecule has 1 radical (unpaired) electrons. The van der Waals surface area contributed by atoms with Gasteiger partial charge in [-0.25, -0.2) is 0 Å². The van der Waals surface area contributed by atoms with Gasteiger partial charge in [-0.15, -0.1) is 0 Å². The van der Waals surface area contributed by atoms with Gasteiger partial charge >= 0.3 is 0 Å². The van der Waals surface area contributed by atoms with Crippen LogP contribution in [0.2, 0.25) is 0 Å². The number of benzene rings is 3. The first kappa shape index (κ1) is 13.4. The molecule has 0 saturated heterocycles. The second kappa shape index (κ2) is 4.61. The minimum Gasteiger partial charge on any atom is -0.456 e. The maximum absolute atomic E-state index is 6.21. The van der Waals surface area contributed by atoms with E-state index in [4.69, 9.17) is 4.42 Å². The van der Waals surface area contributed by atoms with Gasteiger partial charge in [0.2, 0.25) is 0 Å². The highest BCUT2D eigenvalue weighted by Gasteiger charge is 2.18. The highest BCUT2D eigenvalue weighted by Crippen LogP contribution is 2.37. The zero-order valence-electron chi connectivity index (χ0n) is 13.2. The second-order valence-electron chi connectivity index (χ2n) is 7.00. The van der Waals surface area contributed by atoms with E-state index < -0.39 is 0 Å². The van der Waals surface area contributed by atoms with Crippen LogP contribution in [0.15, 0.2) is 59.0 Å². The molecule has 0 aliphatic heterocycles. The van der Waals surface area contributed by atoms with Gasteiger partial charge in [0.1, 0.15) is 11.2 Å². The molecule has 4 rings (SSSR count). The van der Waals surface area contributed by atoms with Gasteiger partial charge in [-0.1, -0.05) is 69.3 Å². The molecule has 3 aromatic carbocycles. The largest absolute Gasteiger partial charge is 0.456 e. The van der Waals surface area contributed by atoms with Crippen LogP contribution >= 0.6 is 0 Å². The molecule has 109 valence electrons.